The summed E-state index contributed by atoms with van der Waals surface area (Å²) < 4.78 is 0. The van der Waals surface area contributed by atoms with E-state index in [4.69, 9.17) is 15.8 Å². The Labute approximate surface area is 81.2 Å². The highest BCUT2D eigenvalue weighted by Crippen LogP contribution is 2.16. The zero-order valence-corrected chi connectivity index (χ0v) is 7.38. The first kappa shape index (κ1) is 8.99. The number of pyridine rings is 1. The molecule has 0 aliphatic rings. The Morgan fingerprint density at radius 3 is 2.79 bits per heavy atom. The molecule has 2 aromatic rings. The van der Waals surface area contributed by atoms with Gasteiger partial charge in [0.15, 0.2) is 0 Å². The molecule has 0 unspecified atom stereocenters. The van der Waals surface area contributed by atoms with Gasteiger partial charge in [-0.25, -0.2) is 0 Å². The number of rotatable bonds is 1. The molecule has 1 heterocycles. The monoisotopic (exact) mass is 188 g/mol. The summed E-state index contributed by atoms with van der Waals surface area (Å²) in [5.41, 5.74) is 7.22. The zero-order chi connectivity index (χ0) is 10.1. The van der Waals surface area contributed by atoms with E-state index < -0.39 is 7.12 Å². The molecule has 0 spiro atoms. The molecule has 0 bridgehead atoms. The van der Waals surface area contributed by atoms with Crippen molar-refractivity contribution in [1.82, 2.24) is 4.98 Å². The quantitative estimate of drug-likeness (QED) is 0.416. The summed E-state index contributed by atoms with van der Waals surface area (Å²) in [6.07, 6.45) is 1.65. The maximum atomic E-state index is 8.99. The van der Waals surface area contributed by atoms with Gasteiger partial charge in [0, 0.05) is 11.6 Å². The Hall–Kier alpha value is -1.59. The second-order valence-corrected chi connectivity index (χ2v) is 3.06. The van der Waals surface area contributed by atoms with Crippen LogP contribution in [0, 0.1) is 0 Å². The SMILES string of the molecule is Nc1cc(B(O)O)cc2cccnc12. The van der Waals surface area contributed by atoms with Crippen LogP contribution in [0.1, 0.15) is 0 Å². The van der Waals surface area contributed by atoms with Crippen LogP contribution in [0.25, 0.3) is 10.9 Å². The van der Waals surface area contributed by atoms with Crippen LogP contribution in [0.2, 0.25) is 0 Å². The molecule has 14 heavy (non-hydrogen) atoms. The summed E-state index contributed by atoms with van der Waals surface area (Å²) in [6.45, 7) is 0. The van der Waals surface area contributed by atoms with Crippen molar-refractivity contribution in [3.8, 4) is 0 Å². The third-order valence-corrected chi connectivity index (χ3v) is 2.05. The Morgan fingerprint density at radius 2 is 2.07 bits per heavy atom. The maximum absolute atomic E-state index is 8.99. The highest BCUT2D eigenvalue weighted by atomic mass is 16.4. The fraction of sp³-hybridized carbons (Fsp3) is 0. The highest BCUT2D eigenvalue weighted by Gasteiger charge is 2.12. The molecule has 5 heteroatoms. The van der Waals surface area contributed by atoms with Crippen molar-refractivity contribution in [2.45, 2.75) is 0 Å². The van der Waals surface area contributed by atoms with Gasteiger partial charge in [-0.05, 0) is 17.6 Å². The van der Waals surface area contributed by atoms with Crippen LogP contribution in [0.3, 0.4) is 0 Å². The molecule has 0 aliphatic carbocycles. The van der Waals surface area contributed by atoms with Crippen molar-refractivity contribution >= 4 is 29.2 Å². The van der Waals surface area contributed by atoms with E-state index in [9.17, 15) is 0 Å². The average molecular weight is 188 g/mol. The number of hydrogen-bond acceptors (Lipinski definition) is 4. The summed E-state index contributed by atoms with van der Waals surface area (Å²) >= 11 is 0. The van der Waals surface area contributed by atoms with Gasteiger partial charge in [-0.2, -0.15) is 0 Å². The smallest absolute Gasteiger partial charge is 0.423 e. The molecule has 70 valence electrons. The summed E-state index contributed by atoms with van der Waals surface area (Å²) in [5, 5.41) is 18.8. The number of nitrogen functional groups attached to an aromatic ring is 1. The van der Waals surface area contributed by atoms with E-state index in [0.29, 0.717) is 16.7 Å². The van der Waals surface area contributed by atoms with Crippen LogP contribution in [-0.2, 0) is 0 Å². The van der Waals surface area contributed by atoms with Crippen molar-refractivity contribution in [2.24, 2.45) is 0 Å². The van der Waals surface area contributed by atoms with Gasteiger partial charge < -0.3 is 15.8 Å². The molecule has 0 saturated heterocycles. The Bertz CT molecular complexity index is 473. The minimum absolute atomic E-state index is 0.378. The summed E-state index contributed by atoms with van der Waals surface area (Å²) in [5.74, 6) is 0. The number of fused-ring (bicyclic) bond motifs is 1. The molecular formula is C9H9BN2O2. The van der Waals surface area contributed by atoms with Crippen molar-refractivity contribution in [3.63, 3.8) is 0 Å². The van der Waals surface area contributed by atoms with Crippen LogP contribution in [0.15, 0.2) is 30.5 Å². The van der Waals surface area contributed by atoms with Crippen LogP contribution in [-0.4, -0.2) is 22.2 Å². The lowest BCUT2D eigenvalue weighted by molar-refractivity contribution is 0.426. The van der Waals surface area contributed by atoms with E-state index in [-0.39, 0.29) is 0 Å². The first-order valence-corrected chi connectivity index (χ1v) is 4.19. The first-order valence-electron chi connectivity index (χ1n) is 4.19. The summed E-state index contributed by atoms with van der Waals surface area (Å²) in [4.78, 5) is 4.09. The number of benzene rings is 1. The number of anilines is 1. The van der Waals surface area contributed by atoms with E-state index in [1.807, 2.05) is 6.07 Å². The second-order valence-electron chi connectivity index (χ2n) is 3.06. The number of aromatic nitrogens is 1. The van der Waals surface area contributed by atoms with Gasteiger partial charge in [-0.3, -0.25) is 4.98 Å². The van der Waals surface area contributed by atoms with Gasteiger partial charge in [-0.15, -0.1) is 0 Å². The molecule has 1 aromatic heterocycles. The van der Waals surface area contributed by atoms with Crippen molar-refractivity contribution < 1.29 is 10.0 Å². The Balaban J connectivity index is 2.72. The van der Waals surface area contributed by atoms with Gasteiger partial charge >= 0.3 is 7.12 Å². The van der Waals surface area contributed by atoms with E-state index in [1.165, 1.54) is 6.07 Å². The molecule has 0 atom stereocenters. The molecule has 4 nitrogen and oxygen atoms in total. The van der Waals surface area contributed by atoms with Gasteiger partial charge in [-0.1, -0.05) is 12.1 Å². The fourth-order valence-corrected chi connectivity index (χ4v) is 1.39. The molecule has 0 saturated carbocycles. The van der Waals surface area contributed by atoms with Crippen molar-refractivity contribution in [2.75, 3.05) is 5.73 Å². The molecule has 0 aliphatic heterocycles. The lowest BCUT2D eigenvalue weighted by atomic mass is 9.79. The van der Waals surface area contributed by atoms with Crippen LogP contribution in [0.4, 0.5) is 5.69 Å². The molecule has 1 aromatic carbocycles. The van der Waals surface area contributed by atoms with Gasteiger partial charge in [0.05, 0.1) is 11.2 Å². The van der Waals surface area contributed by atoms with E-state index in [2.05, 4.69) is 4.98 Å². The van der Waals surface area contributed by atoms with Crippen LogP contribution in [0.5, 0.6) is 0 Å². The normalized spacial score (nSPS) is 10.4. The van der Waals surface area contributed by atoms with Gasteiger partial charge in [0.1, 0.15) is 0 Å². The lowest BCUT2D eigenvalue weighted by Crippen LogP contribution is -2.30. The van der Waals surface area contributed by atoms with Crippen molar-refractivity contribution in [3.05, 3.63) is 30.5 Å². The average Bonchev–Trinajstić information content (AvgIpc) is 2.17. The highest BCUT2D eigenvalue weighted by molar-refractivity contribution is 6.59. The predicted molar refractivity (Wildman–Crippen MR) is 56.0 cm³/mol. The third kappa shape index (κ3) is 1.43. The van der Waals surface area contributed by atoms with E-state index in [0.717, 1.165) is 5.39 Å². The predicted octanol–water partition coefficient (Wildman–Crippen LogP) is -0.503. The zero-order valence-electron chi connectivity index (χ0n) is 7.38. The fourth-order valence-electron chi connectivity index (χ4n) is 1.39. The maximum Gasteiger partial charge on any atom is 0.488 e. The third-order valence-electron chi connectivity index (χ3n) is 2.05. The van der Waals surface area contributed by atoms with Gasteiger partial charge in [0.2, 0.25) is 0 Å². The topological polar surface area (TPSA) is 79.4 Å². The molecule has 2 rings (SSSR count). The first-order chi connectivity index (χ1) is 6.68. The summed E-state index contributed by atoms with van der Waals surface area (Å²) in [6, 6.07) is 6.77. The molecule has 0 amide bonds. The van der Waals surface area contributed by atoms with Gasteiger partial charge in [0.25, 0.3) is 0 Å². The minimum Gasteiger partial charge on any atom is -0.423 e. The van der Waals surface area contributed by atoms with E-state index in [1.54, 1.807) is 18.3 Å². The Morgan fingerprint density at radius 1 is 1.29 bits per heavy atom. The standard InChI is InChI=1S/C9H9BN2O2/c11-8-5-7(10(13)14)4-6-2-1-3-12-9(6)8/h1-5,13-14H,11H2. The largest absolute Gasteiger partial charge is 0.488 e. The van der Waals surface area contributed by atoms with Crippen LogP contribution >= 0.6 is 0 Å². The van der Waals surface area contributed by atoms with Crippen LogP contribution < -0.4 is 11.2 Å². The molecular weight excluding hydrogens is 179 g/mol. The number of nitrogens with zero attached hydrogens (tertiary/aromatic N) is 1. The lowest BCUT2D eigenvalue weighted by Gasteiger charge is -2.04. The molecule has 0 fully saturated rings. The Kier molecular flexibility index (Phi) is 2.11. The number of nitrogens with two attached hydrogens (primary N) is 1. The second kappa shape index (κ2) is 3.28. The van der Waals surface area contributed by atoms with Crippen molar-refractivity contribution in [1.29, 1.82) is 0 Å². The minimum atomic E-state index is -1.50. The number of hydrogen-bond donors (Lipinski definition) is 3. The molecule has 0 radical (unpaired) electrons. The summed E-state index contributed by atoms with van der Waals surface area (Å²) in [7, 11) is -1.50. The molecule has 4 N–H and O–H groups in total. The van der Waals surface area contributed by atoms with E-state index >= 15 is 0 Å².